The molecular weight excluding hydrogens is 562 g/mol. The van der Waals surface area contributed by atoms with Gasteiger partial charge in [0.1, 0.15) is 11.2 Å². The zero-order chi connectivity index (χ0) is 30.8. The van der Waals surface area contributed by atoms with Crippen molar-refractivity contribution in [3.8, 4) is 56.4 Å². The molecule has 0 amide bonds. The number of benzene rings is 6. The molecule has 0 aliphatic heterocycles. The molecule has 8 aromatic rings. The van der Waals surface area contributed by atoms with E-state index in [-0.39, 0.29) is 5.41 Å². The van der Waals surface area contributed by atoms with E-state index in [0.717, 1.165) is 44.2 Å². The summed E-state index contributed by atoms with van der Waals surface area (Å²) in [5.74, 6) is 1.97. The molecule has 0 unspecified atom stereocenters. The second kappa shape index (κ2) is 10.1. The Bertz CT molecular complexity index is 2370. The summed E-state index contributed by atoms with van der Waals surface area (Å²) in [5, 5.41) is 2.32. The highest BCUT2D eigenvalue weighted by atomic mass is 16.3. The molecule has 0 spiro atoms. The van der Waals surface area contributed by atoms with Crippen LogP contribution in [0.2, 0.25) is 0 Å². The van der Waals surface area contributed by atoms with Crippen LogP contribution >= 0.6 is 0 Å². The van der Waals surface area contributed by atoms with Gasteiger partial charge in [-0.05, 0) is 57.6 Å². The van der Waals surface area contributed by atoms with Crippen LogP contribution in [-0.4, -0.2) is 15.0 Å². The number of rotatable bonds is 4. The first-order valence-corrected chi connectivity index (χ1v) is 15.6. The molecule has 46 heavy (non-hydrogen) atoms. The molecule has 4 heteroatoms. The van der Waals surface area contributed by atoms with Crippen molar-refractivity contribution in [1.29, 1.82) is 0 Å². The van der Waals surface area contributed by atoms with Gasteiger partial charge < -0.3 is 4.42 Å². The fourth-order valence-electron chi connectivity index (χ4n) is 6.90. The zero-order valence-corrected chi connectivity index (χ0v) is 25.5. The number of nitrogens with zero attached hydrogens (tertiary/aromatic N) is 3. The van der Waals surface area contributed by atoms with Gasteiger partial charge in [-0.1, -0.05) is 129 Å². The molecule has 4 nitrogen and oxygen atoms in total. The quantitative estimate of drug-likeness (QED) is 0.204. The SMILES string of the molecule is CC1(C)c2ccc(-c3ccc(-c4nc(-c5ccccc5)nc(-c5ccccc5)n4)cc3)cc2-c2cc3c(cc21)oc1ccccc13. The lowest BCUT2D eigenvalue weighted by molar-refractivity contribution is 0.647. The van der Waals surface area contributed by atoms with Crippen LogP contribution in [0.5, 0.6) is 0 Å². The van der Waals surface area contributed by atoms with Gasteiger partial charge in [0.2, 0.25) is 0 Å². The van der Waals surface area contributed by atoms with E-state index in [4.69, 9.17) is 19.4 Å². The van der Waals surface area contributed by atoms with Crippen LogP contribution in [0.4, 0.5) is 0 Å². The van der Waals surface area contributed by atoms with Crippen LogP contribution in [0, 0.1) is 0 Å². The van der Waals surface area contributed by atoms with Gasteiger partial charge in [-0.15, -0.1) is 0 Å². The Labute approximate surface area is 267 Å². The monoisotopic (exact) mass is 591 g/mol. The Morgan fingerprint density at radius 1 is 0.413 bits per heavy atom. The van der Waals surface area contributed by atoms with Crippen molar-refractivity contribution >= 4 is 21.9 Å². The van der Waals surface area contributed by atoms with Gasteiger partial charge in [0.15, 0.2) is 17.5 Å². The summed E-state index contributed by atoms with van der Waals surface area (Å²) in [4.78, 5) is 14.6. The number of furan rings is 1. The maximum atomic E-state index is 6.26. The molecule has 0 fully saturated rings. The smallest absolute Gasteiger partial charge is 0.164 e. The lowest BCUT2D eigenvalue weighted by Gasteiger charge is -2.21. The molecule has 6 aromatic carbocycles. The van der Waals surface area contributed by atoms with Gasteiger partial charge >= 0.3 is 0 Å². The highest BCUT2D eigenvalue weighted by Crippen LogP contribution is 2.51. The van der Waals surface area contributed by atoms with Crippen LogP contribution in [0.15, 0.2) is 144 Å². The van der Waals surface area contributed by atoms with E-state index >= 15 is 0 Å². The molecular formula is C42H29N3O. The molecule has 218 valence electrons. The first-order valence-electron chi connectivity index (χ1n) is 15.6. The van der Waals surface area contributed by atoms with Crippen LogP contribution in [-0.2, 0) is 5.41 Å². The van der Waals surface area contributed by atoms with E-state index in [0.29, 0.717) is 17.5 Å². The minimum Gasteiger partial charge on any atom is -0.456 e. The normalized spacial score (nSPS) is 13.2. The lowest BCUT2D eigenvalue weighted by atomic mass is 9.82. The number of fused-ring (bicyclic) bond motifs is 6. The predicted molar refractivity (Wildman–Crippen MR) is 186 cm³/mol. The van der Waals surface area contributed by atoms with E-state index in [9.17, 15) is 0 Å². The predicted octanol–water partition coefficient (Wildman–Crippen LogP) is 10.7. The summed E-state index contributed by atoms with van der Waals surface area (Å²) in [6, 6.07) is 48.5. The minimum atomic E-state index is -0.119. The number of aromatic nitrogens is 3. The standard InChI is InChI=1S/C42H29N3O/c1-42(2)35-22-21-30(23-32(35)33-24-34-31-15-9-10-16-37(31)46-38(34)25-36(33)42)26-17-19-29(20-18-26)41-44-39(27-11-5-3-6-12-27)43-40(45-41)28-13-7-4-8-14-28/h3-25H,1-2H3. The summed E-state index contributed by atoms with van der Waals surface area (Å²) in [7, 11) is 0. The Morgan fingerprint density at radius 2 is 0.935 bits per heavy atom. The summed E-state index contributed by atoms with van der Waals surface area (Å²) in [6.07, 6.45) is 0. The van der Waals surface area contributed by atoms with Crippen molar-refractivity contribution in [2.45, 2.75) is 19.3 Å². The van der Waals surface area contributed by atoms with Gasteiger partial charge in [-0.2, -0.15) is 0 Å². The van der Waals surface area contributed by atoms with Crippen molar-refractivity contribution < 1.29 is 4.42 Å². The summed E-state index contributed by atoms with van der Waals surface area (Å²) < 4.78 is 6.26. The zero-order valence-electron chi connectivity index (χ0n) is 25.5. The second-order valence-electron chi connectivity index (χ2n) is 12.5. The average molecular weight is 592 g/mol. The van der Waals surface area contributed by atoms with Crippen molar-refractivity contribution in [2.75, 3.05) is 0 Å². The third kappa shape index (κ3) is 4.18. The second-order valence-corrected chi connectivity index (χ2v) is 12.5. The third-order valence-electron chi connectivity index (χ3n) is 9.35. The topological polar surface area (TPSA) is 51.8 Å². The molecule has 0 N–H and O–H groups in total. The van der Waals surface area contributed by atoms with Crippen LogP contribution in [0.25, 0.3) is 78.4 Å². The van der Waals surface area contributed by atoms with E-state index in [1.165, 1.54) is 27.8 Å². The summed E-state index contributed by atoms with van der Waals surface area (Å²) in [5.41, 5.74) is 12.2. The van der Waals surface area contributed by atoms with Gasteiger partial charge in [0.25, 0.3) is 0 Å². The maximum Gasteiger partial charge on any atom is 0.164 e. The van der Waals surface area contributed by atoms with E-state index in [1.54, 1.807) is 0 Å². The highest BCUT2D eigenvalue weighted by Gasteiger charge is 2.36. The Balaban J connectivity index is 1.12. The number of hydrogen-bond acceptors (Lipinski definition) is 4. The van der Waals surface area contributed by atoms with Crippen LogP contribution < -0.4 is 0 Å². The molecule has 0 atom stereocenters. The number of para-hydroxylation sites is 1. The Kier molecular flexibility index (Phi) is 5.81. The van der Waals surface area contributed by atoms with Crippen molar-refractivity contribution in [3.05, 3.63) is 151 Å². The van der Waals surface area contributed by atoms with E-state index in [2.05, 4.69) is 80.6 Å². The molecule has 1 aliphatic carbocycles. The third-order valence-corrected chi connectivity index (χ3v) is 9.35. The number of hydrogen-bond donors (Lipinski definition) is 0. The molecule has 9 rings (SSSR count). The first-order chi connectivity index (χ1) is 22.5. The molecule has 2 heterocycles. The molecule has 0 saturated carbocycles. The largest absolute Gasteiger partial charge is 0.456 e. The van der Waals surface area contributed by atoms with Crippen molar-refractivity contribution in [1.82, 2.24) is 15.0 Å². The van der Waals surface area contributed by atoms with Gasteiger partial charge in [-0.3, -0.25) is 0 Å². The maximum absolute atomic E-state index is 6.26. The minimum absolute atomic E-state index is 0.119. The van der Waals surface area contributed by atoms with Crippen molar-refractivity contribution in [3.63, 3.8) is 0 Å². The molecule has 0 bridgehead atoms. The fourth-order valence-corrected chi connectivity index (χ4v) is 6.90. The molecule has 1 aliphatic rings. The molecule has 0 saturated heterocycles. The van der Waals surface area contributed by atoms with Gasteiger partial charge in [0, 0.05) is 32.9 Å². The fraction of sp³-hybridized carbons (Fsp3) is 0.0714. The summed E-state index contributed by atoms with van der Waals surface area (Å²) >= 11 is 0. The lowest BCUT2D eigenvalue weighted by Crippen LogP contribution is -2.14. The first kappa shape index (κ1) is 26.5. The van der Waals surface area contributed by atoms with Crippen LogP contribution in [0.1, 0.15) is 25.0 Å². The summed E-state index contributed by atoms with van der Waals surface area (Å²) in [6.45, 7) is 4.62. The molecule has 2 aromatic heterocycles. The molecule has 0 radical (unpaired) electrons. The Hall–Kier alpha value is -5.87. The average Bonchev–Trinajstić information content (AvgIpc) is 3.59. The van der Waals surface area contributed by atoms with Crippen LogP contribution in [0.3, 0.4) is 0 Å². The van der Waals surface area contributed by atoms with E-state index < -0.39 is 0 Å². The highest BCUT2D eigenvalue weighted by molar-refractivity contribution is 6.07. The van der Waals surface area contributed by atoms with Gasteiger partial charge in [0.05, 0.1) is 0 Å². The van der Waals surface area contributed by atoms with E-state index in [1.807, 2.05) is 72.8 Å². The van der Waals surface area contributed by atoms with Crippen molar-refractivity contribution in [2.24, 2.45) is 0 Å². The Morgan fingerprint density at radius 3 is 1.59 bits per heavy atom. The van der Waals surface area contributed by atoms with Gasteiger partial charge in [-0.25, -0.2) is 15.0 Å².